The summed E-state index contributed by atoms with van der Waals surface area (Å²) in [5, 5.41) is 3.51. The number of fused-ring (bicyclic) bond motifs is 2. The van der Waals surface area contributed by atoms with Crippen LogP contribution < -0.4 is 11.1 Å². The lowest BCUT2D eigenvalue weighted by molar-refractivity contribution is 0.669. The number of rotatable bonds is 4. The van der Waals surface area contributed by atoms with Gasteiger partial charge < -0.3 is 11.1 Å². The fraction of sp³-hybridized carbons (Fsp3) is 0.162. The van der Waals surface area contributed by atoms with Crippen LogP contribution in [0.15, 0.2) is 97.1 Å². The van der Waals surface area contributed by atoms with Crippen LogP contribution in [0.25, 0.3) is 50.7 Å². The van der Waals surface area contributed by atoms with Crippen molar-refractivity contribution in [3.05, 3.63) is 119 Å². The van der Waals surface area contributed by atoms with Crippen molar-refractivity contribution in [3.8, 4) is 44.6 Å². The fourth-order valence-electron chi connectivity index (χ4n) is 6.39. The summed E-state index contributed by atoms with van der Waals surface area (Å²) in [5.74, 6) is 0. The predicted octanol–water partition coefficient (Wildman–Crippen LogP) is 8.96. The molecule has 3 nitrogen and oxygen atoms in total. The Morgan fingerprint density at radius 2 is 1.38 bits per heavy atom. The minimum Gasteiger partial charge on any atom is -0.397 e. The zero-order valence-electron chi connectivity index (χ0n) is 22.9. The molecule has 1 aromatic heterocycles. The van der Waals surface area contributed by atoms with Crippen molar-refractivity contribution in [2.45, 2.75) is 32.6 Å². The summed E-state index contributed by atoms with van der Waals surface area (Å²) in [4.78, 5) is 5.39. The third kappa shape index (κ3) is 4.28. The van der Waals surface area contributed by atoms with Crippen molar-refractivity contribution in [1.29, 1.82) is 0 Å². The molecule has 1 aliphatic carbocycles. The number of hydrogen-bond donors (Lipinski definition) is 2. The summed E-state index contributed by atoms with van der Waals surface area (Å²) in [6.45, 7) is 3.03. The molecule has 2 aliphatic rings. The Kier molecular flexibility index (Phi) is 6.20. The number of nitrogens with zero attached hydrogens (tertiary/aromatic N) is 1. The topological polar surface area (TPSA) is 50.9 Å². The van der Waals surface area contributed by atoms with Crippen molar-refractivity contribution in [2.75, 3.05) is 17.6 Å². The maximum atomic E-state index is 6.91. The van der Waals surface area contributed by atoms with Crippen molar-refractivity contribution in [2.24, 2.45) is 0 Å². The van der Waals surface area contributed by atoms with Crippen LogP contribution in [0, 0.1) is 6.92 Å². The van der Waals surface area contributed by atoms with Crippen molar-refractivity contribution >= 4 is 17.5 Å². The number of pyridine rings is 1. The summed E-state index contributed by atoms with van der Waals surface area (Å²) in [6, 6.07) is 32.6. The first-order chi connectivity index (χ1) is 19.7. The molecule has 3 heteroatoms. The number of nitrogens with one attached hydrogen (secondary N) is 1. The highest BCUT2D eigenvalue weighted by molar-refractivity contribution is 5.95. The molecular formula is C37H33N3. The van der Waals surface area contributed by atoms with Crippen LogP contribution in [-0.2, 0) is 12.8 Å². The van der Waals surface area contributed by atoms with Gasteiger partial charge in [-0.1, -0.05) is 84.9 Å². The van der Waals surface area contributed by atoms with Crippen LogP contribution >= 0.6 is 0 Å². The Balaban J connectivity index is 1.48. The van der Waals surface area contributed by atoms with Gasteiger partial charge in [0.15, 0.2) is 0 Å². The minimum atomic E-state index is 0.799. The molecule has 2 heterocycles. The molecule has 0 radical (unpaired) electrons. The predicted molar refractivity (Wildman–Crippen MR) is 169 cm³/mol. The highest BCUT2D eigenvalue weighted by atomic mass is 14.9. The third-order valence-electron chi connectivity index (χ3n) is 8.38. The fourth-order valence-corrected chi connectivity index (χ4v) is 6.39. The molecule has 40 heavy (non-hydrogen) atoms. The number of nitrogen functional groups attached to an aromatic ring is 1. The molecule has 3 N–H and O–H groups in total. The number of anilines is 2. The molecular weight excluding hydrogens is 486 g/mol. The Morgan fingerprint density at radius 1 is 0.725 bits per heavy atom. The van der Waals surface area contributed by atoms with E-state index in [0.717, 1.165) is 53.1 Å². The lowest BCUT2D eigenvalue weighted by Gasteiger charge is -2.26. The number of nitrogens with two attached hydrogens (primary N) is 1. The van der Waals surface area contributed by atoms with Gasteiger partial charge in [0.05, 0.1) is 17.1 Å². The van der Waals surface area contributed by atoms with Crippen molar-refractivity contribution < 1.29 is 0 Å². The van der Waals surface area contributed by atoms with E-state index in [1.165, 1.54) is 57.5 Å². The van der Waals surface area contributed by atoms with Gasteiger partial charge in [-0.15, -0.1) is 0 Å². The van der Waals surface area contributed by atoms with Crippen molar-refractivity contribution in [1.82, 2.24) is 4.98 Å². The average molecular weight is 520 g/mol. The Bertz CT molecular complexity index is 1690. The van der Waals surface area contributed by atoms with E-state index in [-0.39, 0.29) is 0 Å². The zero-order chi connectivity index (χ0) is 27.1. The van der Waals surface area contributed by atoms with Gasteiger partial charge in [-0.05, 0) is 95.3 Å². The van der Waals surface area contributed by atoms with Gasteiger partial charge in [0.2, 0.25) is 0 Å². The van der Waals surface area contributed by atoms with Gasteiger partial charge >= 0.3 is 0 Å². The van der Waals surface area contributed by atoms with Gasteiger partial charge in [0, 0.05) is 23.4 Å². The normalized spacial score (nSPS) is 13.8. The lowest BCUT2D eigenvalue weighted by Crippen LogP contribution is -2.12. The van der Waals surface area contributed by atoms with E-state index < -0.39 is 0 Å². The molecule has 0 saturated carbocycles. The molecule has 5 aromatic rings. The SMILES string of the molecule is Cc1c(-c2cc(-c3ccccc3)cc(-c3ccccc3)c2)nc2c(c1-c1ccc3c(c1N)NCC=C3)CCCC2. The van der Waals surface area contributed by atoms with E-state index in [1.54, 1.807) is 0 Å². The first-order valence-electron chi connectivity index (χ1n) is 14.3. The second kappa shape index (κ2) is 10.2. The molecule has 4 aromatic carbocycles. The van der Waals surface area contributed by atoms with Crippen LogP contribution in [0.2, 0.25) is 0 Å². The van der Waals surface area contributed by atoms with Crippen LogP contribution in [-0.4, -0.2) is 11.5 Å². The Hall–Kier alpha value is -4.63. The highest BCUT2D eigenvalue weighted by Gasteiger charge is 2.24. The first kappa shape index (κ1) is 24.4. The molecule has 0 spiro atoms. The number of benzene rings is 4. The van der Waals surface area contributed by atoms with E-state index in [1.807, 2.05) is 0 Å². The highest BCUT2D eigenvalue weighted by Crippen LogP contribution is 2.44. The maximum Gasteiger partial charge on any atom is 0.0741 e. The summed E-state index contributed by atoms with van der Waals surface area (Å²) in [7, 11) is 0. The molecule has 7 rings (SSSR count). The molecule has 0 atom stereocenters. The Labute approximate surface area is 236 Å². The molecule has 0 unspecified atom stereocenters. The van der Waals surface area contributed by atoms with E-state index in [0.29, 0.717) is 0 Å². The standard InChI is InChI=1S/C37H33N3/c1-24-34(32-19-18-27-15-10-20-39-37(27)35(32)38)31-16-8-9-17-33(31)40-36(24)30-22-28(25-11-4-2-5-12-25)21-29(23-30)26-13-6-3-7-14-26/h2-7,10-15,18-19,21-23,39H,8-9,16-17,20,38H2,1H3. The molecule has 0 amide bonds. The van der Waals surface area contributed by atoms with E-state index >= 15 is 0 Å². The van der Waals surface area contributed by atoms with Crippen LogP contribution in [0.5, 0.6) is 0 Å². The smallest absolute Gasteiger partial charge is 0.0741 e. The van der Waals surface area contributed by atoms with E-state index in [2.05, 4.69) is 115 Å². The lowest BCUT2D eigenvalue weighted by atomic mass is 9.83. The summed E-state index contributed by atoms with van der Waals surface area (Å²) >= 11 is 0. The van der Waals surface area contributed by atoms with Crippen LogP contribution in [0.4, 0.5) is 11.4 Å². The van der Waals surface area contributed by atoms with Gasteiger partial charge in [-0.25, -0.2) is 0 Å². The Morgan fingerprint density at radius 3 is 2.08 bits per heavy atom. The quantitative estimate of drug-likeness (QED) is 0.233. The monoisotopic (exact) mass is 519 g/mol. The maximum absolute atomic E-state index is 6.91. The number of hydrogen-bond acceptors (Lipinski definition) is 3. The van der Waals surface area contributed by atoms with Gasteiger partial charge in [-0.2, -0.15) is 0 Å². The molecule has 1 aliphatic heterocycles. The molecule has 0 bridgehead atoms. The number of aryl methyl sites for hydroxylation is 1. The molecule has 196 valence electrons. The molecule has 0 fully saturated rings. The van der Waals surface area contributed by atoms with Crippen LogP contribution in [0.1, 0.15) is 35.2 Å². The molecule has 0 saturated heterocycles. The number of aromatic nitrogens is 1. The van der Waals surface area contributed by atoms with Crippen molar-refractivity contribution in [3.63, 3.8) is 0 Å². The first-order valence-corrected chi connectivity index (χ1v) is 14.3. The van der Waals surface area contributed by atoms with Crippen LogP contribution in [0.3, 0.4) is 0 Å². The zero-order valence-corrected chi connectivity index (χ0v) is 22.9. The van der Waals surface area contributed by atoms with Gasteiger partial charge in [-0.3, -0.25) is 4.98 Å². The second-order valence-electron chi connectivity index (χ2n) is 10.9. The summed E-state index contributed by atoms with van der Waals surface area (Å²) < 4.78 is 0. The van der Waals surface area contributed by atoms with E-state index in [4.69, 9.17) is 10.7 Å². The van der Waals surface area contributed by atoms with Gasteiger partial charge in [0.1, 0.15) is 0 Å². The summed E-state index contributed by atoms with van der Waals surface area (Å²) in [6.07, 6.45) is 8.71. The third-order valence-corrected chi connectivity index (χ3v) is 8.38. The average Bonchev–Trinajstić information content (AvgIpc) is 3.02. The summed E-state index contributed by atoms with van der Waals surface area (Å²) in [5.41, 5.74) is 23.1. The second-order valence-corrected chi connectivity index (χ2v) is 10.9. The largest absolute Gasteiger partial charge is 0.397 e. The van der Waals surface area contributed by atoms with E-state index in [9.17, 15) is 0 Å². The minimum absolute atomic E-state index is 0.799. The van der Waals surface area contributed by atoms with Gasteiger partial charge in [0.25, 0.3) is 0 Å².